The van der Waals surface area contributed by atoms with E-state index in [1.54, 1.807) is 17.5 Å². The highest BCUT2D eigenvalue weighted by molar-refractivity contribution is 7.89. The van der Waals surface area contributed by atoms with Crippen LogP contribution in [0.15, 0.2) is 49.8 Å². The highest BCUT2D eigenvalue weighted by Crippen LogP contribution is 2.20. The Balaban J connectivity index is 1.83. The fourth-order valence-electron chi connectivity index (χ4n) is 2.13. The molecule has 0 amide bonds. The van der Waals surface area contributed by atoms with Gasteiger partial charge in [-0.1, -0.05) is 6.07 Å². The normalized spacial score (nSPS) is 13.5. The first kappa shape index (κ1) is 15.9. The van der Waals surface area contributed by atoms with Crippen LogP contribution in [0.5, 0.6) is 0 Å². The van der Waals surface area contributed by atoms with Crippen LogP contribution in [-0.4, -0.2) is 24.6 Å². The van der Waals surface area contributed by atoms with Gasteiger partial charge in [0.15, 0.2) is 5.58 Å². The van der Waals surface area contributed by atoms with E-state index in [1.165, 1.54) is 41.2 Å². The third kappa shape index (κ3) is 3.08. The summed E-state index contributed by atoms with van der Waals surface area (Å²) in [5.74, 6) is -0.560. The fourth-order valence-corrected chi connectivity index (χ4v) is 3.90. The van der Waals surface area contributed by atoms with Crippen molar-refractivity contribution in [2.45, 2.75) is 11.0 Å². The Bertz CT molecular complexity index is 986. The molecule has 0 fully saturated rings. The molecule has 0 saturated heterocycles. The van der Waals surface area contributed by atoms with Gasteiger partial charge in [-0.2, -0.15) is 0 Å². The Morgan fingerprint density at radius 3 is 2.87 bits per heavy atom. The van der Waals surface area contributed by atoms with Crippen molar-refractivity contribution < 1.29 is 17.9 Å². The summed E-state index contributed by atoms with van der Waals surface area (Å²) >= 11 is 1.35. The molecule has 1 unspecified atom stereocenters. The van der Waals surface area contributed by atoms with Crippen molar-refractivity contribution in [3.05, 3.63) is 51.1 Å². The molecule has 1 aromatic carbocycles. The Morgan fingerprint density at radius 1 is 1.39 bits per heavy atom. The first-order valence-electron chi connectivity index (χ1n) is 6.69. The van der Waals surface area contributed by atoms with E-state index >= 15 is 0 Å². The SMILES string of the molecule is Cn1c(=O)oc2cc(S(=O)(=O)NCC(O)c3cccs3)ccc21. The number of aliphatic hydroxyl groups is 1. The quantitative estimate of drug-likeness (QED) is 0.717. The Labute approximate surface area is 135 Å². The molecule has 0 radical (unpaired) electrons. The third-order valence-corrected chi connectivity index (χ3v) is 5.81. The van der Waals surface area contributed by atoms with Gasteiger partial charge in [-0.05, 0) is 23.6 Å². The van der Waals surface area contributed by atoms with Crippen molar-refractivity contribution in [3.8, 4) is 0 Å². The fraction of sp³-hybridized carbons (Fsp3) is 0.214. The number of nitrogens with zero attached hydrogens (tertiary/aromatic N) is 1. The zero-order valence-corrected chi connectivity index (χ0v) is 13.7. The van der Waals surface area contributed by atoms with Crippen LogP contribution in [0.3, 0.4) is 0 Å². The second-order valence-corrected chi connectivity index (χ2v) is 7.69. The number of aliphatic hydroxyl groups excluding tert-OH is 1. The number of hydrogen-bond acceptors (Lipinski definition) is 6. The van der Waals surface area contributed by atoms with Crippen LogP contribution in [0.4, 0.5) is 0 Å². The summed E-state index contributed by atoms with van der Waals surface area (Å²) in [4.78, 5) is 12.1. The highest BCUT2D eigenvalue weighted by atomic mass is 32.2. The molecule has 9 heteroatoms. The van der Waals surface area contributed by atoms with E-state index in [0.717, 1.165) is 0 Å². The molecule has 2 N–H and O–H groups in total. The molecule has 1 atom stereocenters. The molecule has 2 aromatic heterocycles. The smallest absolute Gasteiger partial charge is 0.408 e. The number of sulfonamides is 1. The summed E-state index contributed by atoms with van der Waals surface area (Å²) in [5.41, 5.74) is 0.701. The standard InChI is InChI=1S/C14H14N2O5S2/c1-16-10-5-4-9(7-12(10)21-14(16)18)23(19,20)15-8-11(17)13-3-2-6-22-13/h2-7,11,15,17H,8H2,1H3. The van der Waals surface area contributed by atoms with Crippen molar-refractivity contribution >= 4 is 32.5 Å². The lowest BCUT2D eigenvalue weighted by atomic mass is 10.3. The zero-order valence-electron chi connectivity index (χ0n) is 12.1. The number of oxazole rings is 1. The lowest BCUT2D eigenvalue weighted by Gasteiger charge is -2.11. The van der Waals surface area contributed by atoms with E-state index in [1.807, 2.05) is 0 Å². The minimum Gasteiger partial charge on any atom is -0.408 e. The molecular weight excluding hydrogens is 340 g/mol. The average Bonchev–Trinajstić information content (AvgIpc) is 3.14. The van der Waals surface area contributed by atoms with E-state index in [0.29, 0.717) is 10.4 Å². The van der Waals surface area contributed by atoms with E-state index < -0.39 is 21.9 Å². The number of rotatable bonds is 5. The summed E-state index contributed by atoms with van der Waals surface area (Å²) in [6.07, 6.45) is -0.914. The second kappa shape index (κ2) is 5.93. The van der Waals surface area contributed by atoms with Gasteiger partial charge in [0.1, 0.15) is 6.10 Å². The number of hydrogen-bond donors (Lipinski definition) is 2. The number of thiophene rings is 1. The third-order valence-electron chi connectivity index (χ3n) is 3.41. The Hall–Kier alpha value is -1.94. The van der Waals surface area contributed by atoms with E-state index in [9.17, 15) is 18.3 Å². The molecule has 0 spiro atoms. The van der Waals surface area contributed by atoms with Gasteiger partial charge in [0.05, 0.1) is 10.4 Å². The molecule has 7 nitrogen and oxygen atoms in total. The minimum absolute atomic E-state index is 0.0299. The lowest BCUT2D eigenvalue weighted by Crippen LogP contribution is -2.28. The van der Waals surface area contributed by atoms with E-state index in [-0.39, 0.29) is 17.0 Å². The van der Waals surface area contributed by atoms with E-state index in [4.69, 9.17) is 4.42 Å². The number of nitrogens with one attached hydrogen (secondary N) is 1. The summed E-state index contributed by atoms with van der Waals surface area (Å²) in [5, 5.41) is 11.8. The van der Waals surface area contributed by atoms with Crippen LogP contribution in [-0.2, 0) is 17.1 Å². The minimum atomic E-state index is -3.82. The van der Waals surface area contributed by atoms with Crippen molar-refractivity contribution in [2.24, 2.45) is 7.05 Å². The van der Waals surface area contributed by atoms with E-state index in [2.05, 4.69) is 4.72 Å². The number of benzene rings is 1. The maximum atomic E-state index is 12.3. The highest BCUT2D eigenvalue weighted by Gasteiger charge is 2.19. The molecule has 0 aliphatic rings. The summed E-state index contributed by atoms with van der Waals surface area (Å²) in [7, 11) is -2.28. The van der Waals surface area contributed by atoms with Gasteiger partial charge in [0.2, 0.25) is 10.0 Å². The second-order valence-electron chi connectivity index (χ2n) is 4.94. The lowest BCUT2D eigenvalue weighted by molar-refractivity contribution is 0.186. The number of aromatic nitrogens is 1. The van der Waals surface area contributed by atoms with Gasteiger partial charge >= 0.3 is 5.76 Å². The predicted octanol–water partition coefficient (Wildman–Crippen LogP) is 1.20. The van der Waals surface area contributed by atoms with Gasteiger partial charge in [-0.25, -0.2) is 17.9 Å². The largest absolute Gasteiger partial charge is 0.419 e. The topological polar surface area (TPSA) is 102 Å². The summed E-state index contributed by atoms with van der Waals surface area (Å²) in [6, 6.07) is 7.69. The first-order chi connectivity index (χ1) is 10.9. The average molecular weight is 354 g/mol. The van der Waals surface area contributed by atoms with Gasteiger partial charge < -0.3 is 9.52 Å². The molecule has 122 valence electrons. The molecule has 0 aliphatic carbocycles. The predicted molar refractivity (Wildman–Crippen MR) is 85.9 cm³/mol. The van der Waals surface area contributed by atoms with Gasteiger partial charge in [-0.15, -0.1) is 11.3 Å². The molecule has 0 bridgehead atoms. The molecule has 3 rings (SSSR count). The van der Waals surface area contributed by atoms with Crippen LogP contribution in [0, 0.1) is 0 Å². The summed E-state index contributed by atoms with van der Waals surface area (Å²) in [6.45, 7) is -0.139. The number of aryl methyl sites for hydroxylation is 1. The van der Waals surface area contributed by atoms with Gasteiger partial charge in [-0.3, -0.25) is 4.57 Å². The molecule has 0 saturated carbocycles. The van der Waals surface area contributed by atoms with Crippen LogP contribution in [0.25, 0.3) is 11.1 Å². The molecule has 2 heterocycles. The summed E-state index contributed by atoms with van der Waals surface area (Å²) < 4.78 is 33.2. The zero-order chi connectivity index (χ0) is 16.6. The van der Waals surface area contributed by atoms with Crippen molar-refractivity contribution in [2.75, 3.05) is 6.54 Å². The Kier molecular flexibility index (Phi) is 4.11. The number of fused-ring (bicyclic) bond motifs is 1. The van der Waals surface area contributed by atoms with Crippen LogP contribution in [0.1, 0.15) is 11.0 Å². The molecular formula is C14H14N2O5S2. The van der Waals surface area contributed by atoms with Crippen molar-refractivity contribution in [1.29, 1.82) is 0 Å². The van der Waals surface area contributed by atoms with Gasteiger partial charge in [0.25, 0.3) is 0 Å². The molecule has 23 heavy (non-hydrogen) atoms. The maximum absolute atomic E-state index is 12.3. The first-order valence-corrected chi connectivity index (χ1v) is 9.05. The van der Waals surface area contributed by atoms with Crippen LogP contribution >= 0.6 is 11.3 Å². The molecule has 0 aliphatic heterocycles. The van der Waals surface area contributed by atoms with Crippen molar-refractivity contribution in [1.82, 2.24) is 9.29 Å². The van der Waals surface area contributed by atoms with Crippen LogP contribution in [0.2, 0.25) is 0 Å². The Morgan fingerprint density at radius 2 is 2.17 bits per heavy atom. The monoisotopic (exact) mass is 354 g/mol. The maximum Gasteiger partial charge on any atom is 0.419 e. The van der Waals surface area contributed by atoms with Gasteiger partial charge in [0, 0.05) is 24.5 Å². The van der Waals surface area contributed by atoms with Crippen molar-refractivity contribution in [3.63, 3.8) is 0 Å². The van der Waals surface area contributed by atoms with Crippen LogP contribution < -0.4 is 10.5 Å². The molecule has 3 aromatic rings.